The molecule has 0 fully saturated rings. The Kier molecular flexibility index (Phi) is 3.66. The maximum atomic E-state index is 4.73. The fourth-order valence-electron chi connectivity index (χ4n) is 3.52. The Bertz CT molecular complexity index is 908. The van der Waals surface area contributed by atoms with Crippen LogP contribution in [0.3, 0.4) is 0 Å². The molecule has 0 heterocycles. The standard InChI is InChI=1S/C24H19/c1-24(20-13-4-2-5-14-20,21-15-6-3-7-16-21)23-18-10-12-19-11-8-9-17-22(19)23/h2-18H,1H2. The predicted molar refractivity (Wildman–Crippen MR) is 102 cm³/mol. The lowest BCUT2D eigenvalue weighted by Gasteiger charge is -2.32. The zero-order valence-corrected chi connectivity index (χ0v) is 13.5. The third-order valence-corrected chi connectivity index (χ3v) is 4.78. The second kappa shape index (κ2) is 5.98. The van der Waals surface area contributed by atoms with Crippen LogP contribution in [-0.2, 0) is 5.41 Å². The molecule has 0 saturated carbocycles. The fourth-order valence-corrected chi connectivity index (χ4v) is 3.52. The Labute approximate surface area is 143 Å². The second-order valence-corrected chi connectivity index (χ2v) is 6.16. The van der Waals surface area contributed by atoms with E-state index < -0.39 is 5.41 Å². The Morgan fingerprint density at radius 3 is 1.62 bits per heavy atom. The van der Waals surface area contributed by atoms with Crippen LogP contribution in [0.1, 0.15) is 16.7 Å². The monoisotopic (exact) mass is 307 g/mol. The zero-order chi connectivity index (χ0) is 16.4. The first-order valence-corrected chi connectivity index (χ1v) is 8.25. The van der Waals surface area contributed by atoms with Crippen molar-refractivity contribution in [1.29, 1.82) is 0 Å². The van der Waals surface area contributed by atoms with Crippen molar-refractivity contribution in [2.24, 2.45) is 0 Å². The van der Waals surface area contributed by atoms with Gasteiger partial charge in [-0.15, -0.1) is 0 Å². The van der Waals surface area contributed by atoms with E-state index in [2.05, 4.69) is 103 Å². The van der Waals surface area contributed by atoms with Gasteiger partial charge >= 0.3 is 0 Å². The molecule has 4 aromatic carbocycles. The van der Waals surface area contributed by atoms with Gasteiger partial charge in [-0.1, -0.05) is 103 Å². The molecule has 24 heavy (non-hydrogen) atoms. The van der Waals surface area contributed by atoms with Crippen LogP contribution >= 0.6 is 0 Å². The van der Waals surface area contributed by atoms with E-state index in [1.165, 1.54) is 27.5 Å². The van der Waals surface area contributed by atoms with Gasteiger partial charge in [0.05, 0.1) is 0 Å². The summed E-state index contributed by atoms with van der Waals surface area (Å²) in [5.74, 6) is 0. The lowest BCUT2D eigenvalue weighted by atomic mass is 9.70. The number of benzene rings is 4. The van der Waals surface area contributed by atoms with Gasteiger partial charge in [-0.05, 0) is 34.4 Å². The molecule has 0 aliphatic rings. The van der Waals surface area contributed by atoms with Gasteiger partial charge in [-0.25, -0.2) is 0 Å². The van der Waals surface area contributed by atoms with Crippen molar-refractivity contribution in [1.82, 2.24) is 0 Å². The first kappa shape index (κ1) is 14.7. The molecule has 0 heteroatoms. The van der Waals surface area contributed by atoms with Crippen LogP contribution in [0.4, 0.5) is 0 Å². The fraction of sp³-hybridized carbons (Fsp3) is 0.0417. The Morgan fingerprint density at radius 1 is 0.500 bits per heavy atom. The highest BCUT2D eigenvalue weighted by atomic mass is 14.3. The van der Waals surface area contributed by atoms with Gasteiger partial charge < -0.3 is 0 Å². The van der Waals surface area contributed by atoms with Gasteiger partial charge in [0.25, 0.3) is 0 Å². The third-order valence-electron chi connectivity index (χ3n) is 4.78. The largest absolute Gasteiger partial charge is 0.0622 e. The quantitative estimate of drug-likeness (QED) is 0.407. The molecule has 4 aromatic rings. The van der Waals surface area contributed by atoms with Crippen LogP contribution in [0.25, 0.3) is 10.8 Å². The number of hydrogen-bond acceptors (Lipinski definition) is 0. The number of hydrogen-bond donors (Lipinski definition) is 0. The van der Waals surface area contributed by atoms with Crippen LogP contribution in [-0.4, -0.2) is 0 Å². The summed E-state index contributed by atoms with van der Waals surface area (Å²) in [6, 6.07) is 36.2. The molecule has 0 aromatic heterocycles. The van der Waals surface area contributed by atoms with Crippen LogP contribution in [0.5, 0.6) is 0 Å². The third kappa shape index (κ3) is 2.32. The lowest BCUT2D eigenvalue weighted by Crippen LogP contribution is -2.26. The minimum absolute atomic E-state index is 0.441. The van der Waals surface area contributed by atoms with Crippen molar-refractivity contribution >= 4 is 10.8 Å². The SMILES string of the molecule is [CH2]C(c1ccccc1)(c1ccccc1)c1cccc2ccccc12. The van der Waals surface area contributed by atoms with Crippen molar-refractivity contribution in [2.75, 3.05) is 0 Å². The summed E-state index contributed by atoms with van der Waals surface area (Å²) in [6.45, 7) is 4.73. The molecule has 0 aliphatic heterocycles. The van der Waals surface area contributed by atoms with Crippen molar-refractivity contribution < 1.29 is 0 Å². The molecule has 0 amide bonds. The summed E-state index contributed by atoms with van der Waals surface area (Å²) in [6.07, 6.45) is 0. The van der Waals surface area contributed by atoms with E-state index in [9.17, 15) is 0 Å². The summed E-state index contributed by atoms with van der Waals surface area (Å²) in [5, 5.41) is 2.50. The van der Waals surface area contributed by atoms with E-state index in [0.29, 0.717) is 0 Å². The van der Waals surface area contributed by atoms with Crippen molar-refractivity contribution in [2.45, 2.75) is 5.41 Å². The van der Waals surface area contributed by atoms with Gasteiger partial charge in [0.2, 0.25) is 0 Å². The lowest BCUT2D eigenvalue weighted by molar-refractivity contribution is 0.782. The molecule has 0 unspecified atom stereocenters. The molecule has 1 radical (unpaired) electrons. The molecule has 0 bridgehead atoms. The average molecular weight is 307 g/mol. The van der Waals surface area contributed by atoms with Crippen LogP contribution in [0, 0.1) is 6.92 Å². The summed E-state index contributed by atoms with van der Waals surface area (Å²) >= 11 is 0. The number of rotatable bonds is 3. The second-order valence-electron chi connectivity index (χ2n) is 6.16. The van der Waals surface area contributed by atoms with Gasteiger partial charge in [0.1, 0.15) is 0 Å². The molecule has 0 spiro atoms. The predicted octanol–water partition coefficient (Wildman–Crippen LogP) is 6.01. The summed E-state index contributed by atoms with van der Waals surface area (Å²) in [7, 11) is 0. The van der Waals surface area contributed by atoms with Crippen molar-refractivity contribution in [3.63, 3.8) is 0 Å². The van der Waals surface area contributed by atoms with Gasteiger partial charge in [-0.3, -0.25) is 0 Å². The minimum Gasteiger partial charge on any atom is -0.0622 e. The highest BCUT2D eigenvalue weighted by Crippen LogP contribution is 2.41. The maximum absolute atomic E-state index is 4.73. The molecular formula is C24H19. The summed E-state index contributed by atoms with van der Waals surface area (Å²) in [4.78, 5) is 0. The van der Waals surface area contributed by atoms with Crippen molar-refractivity contribution in [3.8, 4) is 0 Å². The smallest absolute Gasteiger partial charge is 0.0458 e. The number of fused-ring (bicyclic) bond motifs is 1. The Balaban J connectivity index is 2.07. The molecule has 0 nitrogen and oxygen atoms in total. The minimum atomic E-state index is -0.441. The van der Waals surface area contributed by atoms with Crippen molar-refractivity contribution in [3.05, 3.63) is 127 Å². The van der Waals surface area contributed by atoms with Gasteiger partial charge in [0, 0.05) is 5.41 Å². The van der Waals surface area contributed by atoms with E-state index in [0.717, 1.165) is 0 Å². The van der Waals surface area contributed by atoms with E-state index in [1.807, 2.05) is 0 Å². The molecule has 0 N–H and O–H groups in total. The molecule has 115 valence electrons. The highest BCUT2D eigenvalue weighted by molar-refractivity contribution is 5.88. The average Bonchev–Trinajstić information content (AvgIpc) is 2.68. The topological polar surface area (TPSA) is 0 Å². The highest BCUT2D eigenvalue weighted by Gasteiger charge is 2.32. The van der Waals surface area contributed by atoms with E-state index in [1.54, 1.807) is 0 Å². The molecule has 0 saturated heterocycles. The Hall–Kier alpha value is -2.86. The van der Waals surface area contributed by atoms with E-state index in [-0.39, 0.29) is 0 Å². The van der Waals surface area contributed by atoms with E-state index in [4.69, 9.17) is 6.92 Å². The molecule has 0 aliphatic carbocycles. The summed E-state index contributed by atoms with van der Waals surface area (Å²) in [5.41, 5.74) is 3.20. The van der Waals surface area contributed by atoms with Gasteiger partial charge in [0.15, 0.2) is 0 Å². The first-order valence-electron chi connectivity index (χ1n) is 8.25. The van der Waals surface area contributed by atoms with E-state index >= 15 is 0 Å². The zero-order valence-electron chi connectivity index (χ0n) is 13.5. The molecular weight excluding hydrogens is 288 g/mol. The normalized spacial score (nSPS) is 11.5. The molecule has 0 atom stereocenters. The first-order chi connectivity index (χ1) is 11.8. The molecule has 4 rings (SSSR count). The van der Waals surface area contributed by atoms with Gasteiger partial charge in [-0.2, -0.15) is 0 Å². The van der Waals surface area contributed by atoms with Crippen LogP contribution in [0.2, 0.25) is 0 Å². The maximum Gasteiger partial charge on any atom is 0.0458 e. The van der Waals surface area contributed by atoms with Crippen LogP contribution in [0.15, 0.2) is 103 Å². The Morgan fingerprint density at radius 2 is 1.00 bits per heavy atom. The van der Waals surface area contributed by atoms with Crippen LogP contribution < -0.4 is 0 Å². The summed E-state index contributed by atoms with van der Waals surface area (Å²) < 4.78 is 0.